The first-order chi connectivity index (χ1) is 18.8. The highest BCUT2D eigenvalue weighted by molar-refractivity contribution is 5.92. The summed E-state index contributed by atoms with van der Waals surface area (Å²) in [5.41, 5.74) is 4.90. The fourth-order valence-corrected chi connectivity index (χ4v) is 5.20. The maximum Gasteiger partial charge on any atom is 0.278 e. The van der Waals surface area contributed by atoms with E-state index < -0.39 is 36.6 Å². The van der Waals surface area contributed by atoms with Crippen LogP contribution in [0, 0.1) is 5.92 Å². The van der Waals surface area contributed by atoms with Crippen LogP contribution in [-0.4, -0.2) is 86.1 Å². The second-order valence-corrected chi connectivity index (χ2v) is 10.3. The lowest BCUT2D eigenvalue weighted by Gasteiger charge is -2.38. The van der Waals surface area contributed by atoms with Crippen molar-refractivity contribution in [3.8, 4) is 0 Å². The summed E-state index contributed by atoms with van der Waals surface area (Å²) in [6.07, 6.45) is 0.715. The Hall–Kier alpha value is -3.13. The van der Waals surface area contributed by atoms with E-state index >= 15 is 0 Å². The van der Waals surface area contributed by atoms with Crippen LogP contribution in [0.3, 0.4) is 0 Å². The molecular weight excluding hydrogens is 504 g/mol. The van der Waals surface area contributed by atoms with Gasteiger partial charge in [0.1, 0.15) is 18.3 Å². The van der Waals surface area contributed by atoms with Gasteiger partial charge in [-0.3, -0.25) is 4.79 Å². The third-order valence-corrected chi connectivity index (χ3v) is 7.60. The van der Waals surface area contributed by atoms with Gasteiger partial charge < -0.3 is 34.8 Å². The third-order valence-electron chi connectivity index (χ3n) is 7.60. The number of hydrogen-bond acceptors (Lipinski definition) is 10. The van der Waals surface area contributed by atoms with Crippen molar-refractivity contribution in [3.05, 3.63) is 54.0 Å². The van der Waals surface area contributed by atoms with Crippen molar-refractivity contribution in [2.24, 2.45) is 13.0 Å². The minimum absolute atomic E-state index is 0.171. The van der Waals surface area contributed by atoms with E-state index in [1.807, 2.05) is 0 Å². The molecule has 4 heterocycles. The molecule has 0 unspecified atom stereocenters. The Kier molecular flexibility index (Phi) is 8.40. The largest absolute Gasteiger partial charge is 0.388 e. The Morgan fingerprint density at radius 2 is 1.82 bits per heavy atom. The SMILES string of the molecule is C[C@@H]1O[C@@H](ONC(=O)c2cnc(N3CCC(CNCc4cn(C)c5ccccc45)CC3)nc2)[C@@H](O)[C@H](O)[C@@H]1O. The fraction of sp³-hybridized carbons (Fsp3) is 0.519. The zero-order valence-electron chi connectivity index (χ0n) is 22.1. The number of hydrogen-bond donors (Lipinski definition) is 5. The van der Waals surface area contributed by atoms with Gasteiger partial charge in [-0.1, -0.05) is 18.2 Å². The number of nitrogens with zero attached hydrogens (tertiary/aromatic N) is 4. The fourth-order valence-electron chi connectivity index (χ4n) is 5.20. The first-order valence-corrected chi connectivity index (χ1v) is 13.3. The molecule has 39 heavy (non-hydrogen) atoms. The summed E-state index contributed by atoms with van der Waals surface area (Å²) in [5, 5.41) is 34.5. The van der Waals surface area contributed by atoms with Crippen molar-refractivity contribution < 1.29 is 29.7 Å². The van der Waals surface area contributed by atoms with E-state index in [4.69, 9.17) is 9.57 Å². The number of aryl methyl sites for hydroxylation is 1. The highest BCUT2D eigenvalue weighted by Gasteiger charge is 2.43. The average molecular weight is 541 g/mol. The minimum atomic E-state index is -1.52. The summed E-state index contributed by atoms with van der Waals surface area (Å²) in [6.45, 7) is 4.98. The summed E-state index contributed by atoms with van der Waals surface area (Å²) in [5.74, 6) is 0.506. The van der Waals surface area contributed by atoms with Crippen LogP contribution in [0.25, 0.3) is 10.9 Å². The third kappa shape index (κ3) is 6.06. The number of aliphatic hydroxyl groups is 3. The minimum Gasteiger partial charge on any atom is -0.388 e. The molecule has 2 aromatic heterocycles. The van der Waals surface area contributed by atoms with Gasteiger partial charge in [0.25, 0.3) is 5.91 Å². The number of fused-ring (bicyclic) bond motifs is 1. The number of amides is 1. The second kappa shape index (κ2) is 11.9. The van der Waals surface area contributed by atoms with E-state index in [0.717, 1.165) is 39.0 Å². The highest BCUT2D eigenvalue weighted by atomic mass is 16.8. The van der Waals surface area contributed by atoms with Crippen molar-refractivity contribution in [2.75, 3.05) is 24.5 Å². The van der Waals surface area contributed by atoms with Gasteiger partial charge in [0.15, 0.2) is 0 Å². The molecule has 12 nitrogen and oxygen atoms in total. The summed E-state index contributed by atoms with van der Waals surface area (Å²) < 4.78 is 7.47. The van der Waals surface area contributed by atoms with E-state index in [-0.39, 0.29) is 5.56 Å². The monoisotopic (exact) mass is 540 g/mol. The quantitative estimate of drug-likeness (QED) is 0.255. The van der Waals surface area contributed by atoms with Crippen LogP contribution in [0.2, 0.25) is 0 Å². The lowest BCUT2D eigenvalue weighted by molar-refractivity contribution is -0.304. The van der Waals surface area contributed by atoms with Crippen LogP contribution < -0.4 is 15.7 Å². The summed E-state index contributed by atoms with van der Waals surface area (Å²) in [6, 6.07) is 8.45. The molecule has 2 aliphatic rings. The molecule has 0 saturated carbocycles. The molecule has 5 atom stereocenters. The van der Waals surface area contributed by atoms with Crippen LogP contribution in [0.4, 0.5) is 5.95 Å². The predicted molar refractivity (Wildman–Crippen MR) is 143 cm³/mol. The van der Waals surface area contributed by atoms with Gasteiger partial charge in [-0.25, -0.2) is 20.3 Å². The van der Waals surface area contributed by atoms with Crippen molar-refractivity contribution >= 4 is 22.8 Å². The number of rotatable bonds is 8. The molecule has 0 spiro atoms. The van der Waals surface area contributed by atoms with E-state index in [1.54, 1.807) is 0 Å². The molecule has 2 aliphatic heterocycles. The number of hydroxylamine groups is 1. The number of carbonyl (C=O) groups is 1. The normalized spacial score (nSPS) is 26.2. The van der Waals surface area contributed by atoms with E-state index in [2.05, 4.69) is 67.7 Å². The van der Waals surface area contributed by atoms with Crippen molar-refractivity contribution in [2.45, 2.75) is 57.0 Å². The number of carbonyl (C=O) groups excluding carboxylic acids is 1. The Morgan fingerprint density at radius 3 is 2.56 bits per heavy atom. The molecule has 3 aromatic rings. The Balaban J connectivity index is 1.06. The van der Waals surface area contributed by atoms with Crippen LogP contribution >= 0.6 is 0 Å². The zero-order valence-corrected chi connectivity index (χ0v) is 22.1. The zero-order chi connectivity index (χ0) is 27.5. The summed E-state index contributed by atoms with van der Waals surface area (Å²) in [7, 11) is 2.08. The highest BCUT2D eigenvalue weighted by Crippen LogP contribution is 2.23. The van der Waals surface area contributed by atoms with Gasteiger partial charge in [0, 0.05) is 56.2 Å². The molecule has 0 radical (unpaired) electrons. The number of ether oxygens (including phenoxy) is 1. The lowest BCUT2D eigenvalue weighted by atomic mass is 9.97. The molecule has 210 valence electrons. The Morgan fingerprint density at radius 1 is 1.10 bits per heavy atom. The van der Waals surface area contributed by atoms with Gasteiger partial charge in [0.2, 0.25) is 12.2 Å². The van der Waals surface area contributed by atoms with Crippen LogP contribution in [0.5, 0.6) is 0 Å². The molecule has 0 aliphatic carbocycles. The second-order valence-electron chi connectivity index (χ2n) is 10.3. The Bertz CT molecular complexity index is 1260. The molecule has 2 fully saturated rings. The van der Waals surface area contributed by atoms with E-state index in [1.165, 1.54) is 35.8 Å². The number of aliphatic hydroxyl groups excluding tert-OH is 3. The van der Waals surface area contributed by atoms with Crippen molar-refractivity contribution in [3.63, 3.8) is 0 Å². The molecule has 1 amide bonds. The number of aromatic nitrogens is 3. The first kappa shape index (κ1) is 27.4. The molecule has 12 heteroatoms. The number of benzene rings is 1. The maximum absolute atomic E-state index is 12.4. The van der Waals surface area contributed by atoms with Gasteiger partial charge in [-0.05, 0) is 43.9 Å². The first-order valence-electron chi connectivity index (χ1n) is 13.3. The van der Waals surface area contributed by atoms with Gasteiger partial charge in [0.05, 0.1) is 11.7 Å². The number of para-hydroxylation sites is 1. The van der Waals surface area contributed by atoms with Crippen molar-refractivity contribution in [1.29, 1.82) is 0 Å². The van der Waals surface area contributed by atoms with E-state index in [9.17, 15) is 20.1 Å². The Labute approximate surface area is 226 Å². The van der Waals surface area contributed by atoms with Gasteiger partial charge in [-0.15, -0.1) is 0 Å². The van der Waals surface area contributed by atoms with E-state index in [0.29, 0.717) is 11.9 Å². The molecule has 5 N–H and O–H groups in total. The van der Waals surface area contributed by atoms with Crippen LogP contribution in [0.15, 0.2) is 42.9 Å². The summed E-state index contributed by atoms with van der Waals surface area (Å²) >= 11 is 0. The van der Waals surface area contributed by atoms with Gasteiger partial charge >= 0.3 is 0 Å². The molecule has 0 bridgehead atoms. The molecule has 5 rings (SSSR count). The number of nitrogens with one attached hydrogen (secondary N) is 2. The summed E-state index contributed by atoms with van der Waals surface area (Å²) in [4.78, 5) is 28.4. The van der Waals surface area contributed by atoms with Crippen molar-refractivity contribution in [1.82, 2.24) is 25.3 Å². The predicted octanol–water partition coefficient (Wildman–Crippen LogP) is 0.463. The van der Waals surface area contributed by atoms with Gasteiger partial charge in [-0.2, -0.15) is 0 Å². The number of piperidine rings is 1. The van der Waals surface area contributed by atoms with Crippen LogP contribution in [-0.2, 0) is 23.2 Å². The smallest absolute Gasteiger partial charge is 0.278 e. The molecular formula is C27H36N6O6. The average Bonchev–Trinajstić information content (AvgIpc) is 3.28. The number of anilines is 1. The standard InChI is InChI=1S/C27H36N6O6/c1-16-22(34)23(35)24(36)26(38-16)39-31-25(37)18-13-29-27(30-14-18)33-9-7-17(8-10-33)11-28-12-19-15-32(2)21-6-4-3-5-20(19)21/h3-6,13-17,22-24,26,28,34-36H,7-12H2,1-2H3,(H,31,37)/t16-,22+,23+,24-,26-/m0/s1. The van der Waals surface area contributed by atoms with Crippen LogP contribution in [0.1, 0.15) is 35.7 Å². The molecule has 1 aromatic carbocycles. The maximum atomic E-state index is 12.4. The topological polar surface area (TPSA) is 154 Å². The molecule has 2 saturated heterocycles. The lowest BCUT2D eigenvalue weighted by Crippen LogP contribution is -2.58.